The van der Waals surface area contributed by atoms with Gasteiger partial charge in [-0.3, -0.25) is 14.5 Å². The van der Waals surface area contributed by atoms with Crippen molar-refractivity contribution in [1.82, 2.24) is 10.1 Å². The van der Waals surface area contributed by atoms with Gasteiger partial charge < -0.3 is 34.9 Å². The molecule has 12 heteroatoms. The van der Waals surface area contributed by atoms with Crippen molar-refractivity contribution >= 4 is 40.1 Å². The fraction of sp³-hybridized carbons (Fsp3) is 0.417. The highest BCUT2D eigenvalue weighted by Gasteiger charge is 2.50. The smallest absolute Gasteiger partial charge is 0.263 e. The number of carbonyl (C=O) groups excluding carboxylic acids is 2. The van der Waals surface area contributed by atoms with E-state index in [0.29, 0.717) is 41.6 Å². The number of nitrogens with zero attached hydrogens (tertiary/aromatic N) is 3. The van der Waals surface area contributed by atoms with Crippen LogP contribution in [0, 0.1) is 0 Å². The van der Waals surface area contributed by atoms with Crippen molar-refractivity contribution in [3.05, 3.63) is 36.4 Å². The number of aliphatic hydroxyl groups is 1. The van der Waals surface area contributed by atoms with E-state index in [1.807, 2.05) is 0 Å². The van der Waals surface area contributed by atoms with Crippen molar-refractivity contribution in [1.29, 1.82) is 0 Å². The van der Waals surface area contributed by atoms with Gasteiger partial charge in [-0.1, -0.05) is 11.2 Å². The van der Waals surface area contributed by atoms with Crippen molar-refractivity contribution in [2.75, 3.05) is 42.3 Å². The molecular formula is C24H27N5O7. The summed E-state index contributed by atoms with van der Waals surface area (Å²) < 4.78 is 22.1. The van der Waals surface area contributed by atoms with Crippen molar-refractivity contribution in [3.8, 4) is 5.88 Å². The number of rotatable bonds is 6. The van der Waals surface area contributed by atoms with Gasteiger partial charge in [0.2, 0.25) is 5.88 Å². The normalized spacial score (nSPS) is 21.9. The predicted octanol–water partition coefficient (Wildman–Crippen LogP) is 1.48. The Kier molecular flexibility index (Phi) is 6.48. The number of nitrogens with one attached hydrogen (secondary N) is 1. The first kappa shape index (κ1) is 24.0. The van der Waals surface area contributed by atoms with E-state index in [-0.39, 0.29) is 25.1 Å². The van der Waals surface area contributed by atoms with Crippen LogP contribution in [0.1, 0.15) is 19.8 Å². The number of aromatic nitrogens is 2. The lowest BCUT2D eigenvalue weighted by atomic mass is 9.94. The summed E-state index contributed by atoms with van der Waals surface area (Å²) >= 11 is 0. The molecule has 12 nitrogen and oxygen atoms in total. The van der Waals surface area contributed by atoms with E-state index in [1.165, 1.54) is 17.9 Å². The van der Waals surface area contributed by atoms with Crippen LogP contribution in [0.5, 0.6) is 5.88 Å². The first-order chi connectivity index (χ1) is 17.3. The number of nitrogen functional groups attached to an aromatic ring is 1. The molecule has 1 aromatic carbocycles. The van der Waals surface area contributed by atoms with E-state index in [0.717, 1.165) is 12.8 Å². The minimum absolute atomic E-state index is 0.00899. The maximum absolute atomic E-state index is 13.5. The molecule has 3 aromatic rings. The summed E-state index contributed by atoms with van der Waals surface area (Å²) in [4.78, 5) is 32.2. The van der Waals surface area contributed by atoms with Crippen LogP contribution in [0.4, 0.5) is 17.3 Å². The van der Waals surface area contributed by atoms with Crippen molar-refractivity contribution in [2.24, 2.45) is 0 Å². The summed E-state index contributed by atoms with van der Waals surface area (Å²) in [6.45, 7) is 2.95. The molecule has 0 aliphatic carbocycles. The third kappa shape index (κ3) is 4.57. The summed E-state index contributed by atoms with van der Waals surface area (Å²) in [5.74, 6) is -0.440. The number of hydrogen-bond donors (Lipinski definition) is 3. The van der Waals surface area contributed by atoms with Gasteiger partial charge in [-0.2, -0.15) is 4.98 Å². The van der Waals surface area contributed by atoms with Crippen LogP contribution >= 0.6 is 0 Å². The fourth-order valence-corrected chi connectivity index (χ4v) is 4.27. The Morgan fingerprint density at radius 1 is 1.28 bits per heavy atom. The number of ether oxygens (including phenoxy) is 3. The molecule has 2 fully saturated rings. The molecule has 2 aromatic heterocycles. The third-order valence-electron chi connectivity index (χ3n) is 6.37. The Balaban J connectivity index is 1.30. The van der Waals surface area contributed by atoms with Gasteiger partial charge in [0.15, 0.2) is 23.1 Å². The highest BCUT2D eigenvalue weighted by atomic mass is 16.5. The summed E-state index contributed by atoms with van der Waals surface area (Å²) in [5.41, 5.74) is 4.59. The summed E-state index contributed by atoms with van der Waals surface area (Å²) in [5, 5.41) is 17.7. The van der Waals surface area contributed by atoms with Gasteiger partial charge in [0.25, 0.3) is 11.8 Å². The zero-order chi connectivity index (χ0) is 25.3. The first-order valence-corrected chi connectivity index (χ1v) is 11.7. The number of amides is 2. The molecule has 2 atom stereocenters. The molecule has 190 valence electrons. The van der Waals surface area contributed by atoms with E-state index in [2.05, 4.69) is 15.5 Å². The number of hydrogen-bond acceptors (Lipinski definition) is 10. The average Bonchev–Trinajstić information content (AvgIpc) is 3.26. The molecule has 0 saturated carbocycles. The number of morpholine rings is 1. The second-order valence-electron chi connectivity index (χ2n) is 8.85. The molecule has 5 rings (SSSR count). The second-order valence-corrected chi connectivity index (χ2v) is 8.85. The van der Waals surface area contributed by atoms with E-state index in [4.69, 9.17) is 24.5 Å². The summed E-state index contributed by atoms with van der Waals surface area (Å²) in [7, 11) is 0. The van der Waals surface area contributed by atoms with Crippen molar-refractivity contribution in [2.45, 2.75) is 37.6 Å². The monoisotopic (exact) mass is 497 g/mol. The van der Waals surface area contributed by atoms with Crippen LogP contribution in [0.3, 0.4) is 0 Å². The second kappa shape index (κ2) is 9.72. The fourth-order valence-electron chi connectivity index (χ4n) is 4.27. The SMILES string of the molecule is C[C@]1(C(O)C(=O)Nc2ccc3c(N)noc3c2)OCCN(c2cccc(OC3CCOCC3)n2)C1=O. The lowest BCUT2D eigenvalue weighted by molar-refractivity contribution is -0.170. The molecular weight excluding hydrogens is 470 g/mol. The third-order valence-corrected chi connectivity index (χ3v) is 6.37. The molecule has 36 heavy (non-hydrogen) atoms. The molecule has 2 amide bonds. The average molecular weight is 498 g/mol. The first-order valence-electron chi connectivity index (χ1n) is 11.7. The molecule has 2 aliphatic rings. The molecule has 0 bridgehead atoms. The van der Waals surface area contributed by atoms with E-state index < -0.39 is 23.5 Å². The number of fused-ring (bicyclic) bond motifs is 1. The van der Waals surface area contributed by atoms with Gasteiger partial charge in [0, 0.05) is 30.7 Å². The van der Waals surface area contributed by atoms with Crippen LogP contribution in [0.2, 0.25) is 0 Å². The molecule has 2 saturated heterocycles. The zero-order valence-electron chi connectivity index (χ0n) is 19.7. The highest BCUT2D eigenvalue weighted by molar-refractivity contribution is 6.06. The number of nitrogens with two attached hydrogens (primary N) is 1. The number of carbonyl (C=O) groups is 2. The van der Waals surface area contributed by atoms with Gasteiger partial charge in [-0.15, -0.1) is 0 Å². The Labute approximate surface area is 206 Å². The lowest BCUT2D eigenvalue weighted by Crippen LogP contribution is -2.63. The molecule has 0 radical (unpaired) electrons. The Hall–Kier alpha value is -3.74. The lowest BCUT2D eigenvalue weighted by Gasteiger charge is -2.40. The maximum Gasteiger partial charge on any atom is 0.263 e. The molecule has 1 unspecified atom stereocenters. The number of aliphatic hydroxyl groups excluding tert-OH is 1. The number of pyridine rings is 1. The van der Waals surface area contributed by atoms with Gasteiger partial charge >= 0.3 is 0 Å². The van der Waals surface area contributed by atoms with E-state index in [9.17, 15) is 14.7 Å². The van der Waals surface area contributed by atoms with Gasteiger partial charge in [0.1, 0.15) is 11.9 Å². The van der Waals surface area contributed by atoms with E-state index in [1.54, 1.807) is 30.3 Å². The zero-order valence-corrected chi connectivity index (χ0v) is 19.7. The summed E-state index contributed by atoms with van der Waals surface area (Å²) in [6.07, 6.45) is -0.285. The largest absolute Gasteiger partial charge is 0.474 e. The van der Waals surface area contributed by atoms with Crippen molar-refractivity contribution in [3.63, 3.8) is 0 Å². The molecule has 0 spiro atoms. The van der Waals surface area contributed by atoms with Gasteiger partial charge in [-0.25, -0.2) is 0 Å². The highest BCUT2D eigenvalue weighted by Crippen LogP contribution is 2.30. The van der Waals surface area contributed by atoms with Crippen LogP contribution in [0.25, 0.3) is 11.0 Å². The molecule has 2 aliphatic heterocycles. The maximum atomic E-state index is 13.5. The molecule has 4 N–H and O–H groups in total. The van der Waals surface area contributed by atoms with Gasteiger partial charge in [0.05, 0.1) is 31.8 Å². The topological polar surface area (TPSA) is 162 Å². The van der Waals surface area contributed by atoms with Crippen LogP contribution in [0.15, 0.2) is 40.9 Å². The van der Waals surface area contributed by atoms with Crippen molar-refractivity contribution < 1.29 is 33.4 Å². The summed E-state index contributed by atoms with van der Waals surface area (Å²) in [6, 6.07) is 9.89. The van der Waals surface area contributed by atoms with Crippen LogP contribution in [-0.4, -0.2) is 71.2 Å². The quantitative estimate of drug-likeness (QED) is 0.455. The Morgan fingerprint density at radius 3 is 2.89 bits per heavy atom. The van der Waals surface area contributed by atoms with Gasteiger partial charge in [-0.05, 0) is 25.1 Å². The standard InChI is InChI=1S/C24H27N5O7/c1-24(20(30)22(31)26-14-5-6-16-17(13-14)36-28-21(16)25)23(32)29(9-12-34-24)18-3-2-4-19(27-18)35-15-7-10-33-11-8-15/h2-6,13,15,20,30H,7-12H2,1H3,(H2,25,28)(H,26,31)/t20?,24-/m1/s1. The predicted molar refractivity (Wildman–Crippen MR) is 128 cm³/mol. The Morgan fingerprint density at radius 2 is 2.08 bits per heavy atom. The molecule has 4 heterocycles. The van der Waals surface area contributed by atoms with Crippen LogP contribution < -0.4 is 20.7 Å². The number of benzene rings is 1. The van der Waals surface area contributed by atoms with Crippen LogP contribution in [-0.2, 0) is 19.1 Å². The minimum Gasteiger partial charge on any atom is -0.474 e. The minimum atomic E-state index is -1.83. The number of anilines is 3. The Bertz CT molecular complexity index is 1270. The van der Waals surface area contributed by atoms with E-state index >= 15 is 0 Å².